The number of piperidine rings is 1. The molecule has 1 N–H and O–H groups in total. The SMILES string of the molecule is CCCNCc1nc2ccccc2n1C[C@H]1CCCN(C)C1. The van der Waals surface area contributed by atoms with Crippen molar-refractivity contribution in [2.75, 3.05) is 26.7 Å². The molecule has 1 aliphatic heterocycles. The average molecular weight is 300 g/mol. The molecule has 1 saturated heterocycles. The molecule has 0 bridgehead atoms. The van der Waals surface area contributed by atoms with Crippen LogP contribution in [0.2, 0.25) is 0 Å². The van der Waals surface area contributed by atoms with E-state index in [0.29, 0.717) is 0 Å². The number of fused-ring (bicyclic) bond motifs is 1. The number of rotatable bonds is 6. The normalized spacial score (nSPS) is 19.8. The van der Waals surface area contributed by atoms with E-state index in [1.165, 1.54) is 37.3 Å². The summed E-state index contributed by atoms with van der Waals surface area (Å²) < 4.78 is 2.45. The van der Waals surface area contributed by atoms with Crippen molar-refractivity contribution in [1.82, 2.24) is 19.8 Å². The summed E-state index contributed by atoms with van der Waals surface area (Å²) in [6.07, 6.45) is 3.81. The van der Waals surface area contributed by atoms with E-state index in [-0.39, 0.29) is 0 Å². The first-order chi connectivity index (χ1) is 10.8. The van der Waals surface area contributed by atoms with E-state index >= 15 is 0 Å². The molecule has 0 spiro atoms. The second-order valence-corrected chi connectivity index (χ2v) is 6.57. The molecule has 0 aliphatic carbocycles. The van der Waals surface area contributed by atoms with Gasteiger partial charge in [-0.05, 0) is 57.5 Å². The number of likely N-dealkylation sites (tertiary alicyclic amines) is 1. The van der Waals surface area contributed by atoms with Crippen LogP contribution in [0.25, 0.3) is 11.0 Å². The van der Waals surface area contributed by atoms with Gasteiger partial charge in [-0.1, -0.05) is 19.1 Å². The molecule has 120 valence electrons. The fraction of sp³-hybridized carbons (Fsp3) is 0.611. The summed E-state index contributed by atoms with van der Waals surface area (Å²) in [5.74, 6) is 1.92. The highest BCUT2D eigenvalue weighted by molar-refractivity contribution is 5.75. The Balaban J connectivity index is 1.82. The van der Waals surface area contributed by atoms with Crippen molar-refractivity contribution in [3.63, 3.8) is 0 Å². The van der Waals surface area contributed by atoms with E-state index in [4.69, 9.17) is 4.98 Å². The standard InChI is InChI=1S/C18H28N4/c1-3-10-19-12-18-20-16-8-4-5-9-17(16)22(18)14-15-7-6-11-21(2)13-15/h4-5,8-9,15,19H,3,6-7,10-14H2,1-2H3/t15-/m0/s1. The third-order valence-electron chi connectivity index (χ3n) is 4.61. The van der Waals surface area contributed by atoms with E-state index in [9.17, 15) is 0 Å². The Labute approximate surface area is 133 Å². The highest BCUT2D eigenvalue weighted by Gasteiger charge is 2.20. The molecule has 1 atom stereocenters. The summed E-state index contributed by atoms with van der Waals surface area (Å²) in [4.78, 5) is 7.32. The molecule has 1 aliphatic rings. The Hall–Kier alpha value is -1.39. The monoisotopic (exact) mass is 300 g/mol. The third-order valence-corrected chi connectivity index (χ3v) is 4.61. The molecule has 0 radical (unpaired) electrons. The Morgan fingerprint density at radius 2 is 2.18 bits per heavy atom. The fourth-order valence-corrected chi connectivity index (χ4v) is 3.52. The summed E-state index contributed by atoms with van der Waals surface area (Å²) in [7, 11) is 2.24. The predicted octanol–water partition coefficient (Wildman–Crippen LogP) is 2.88. The molecule has 2 aromatic rings. The van der Waals surface area contributed by atoms with Gasteiger partial charge in [0.15, 0.2) is 0 Å². The van der Waals surface area contributed by atoms with Crippen molar-refractivity contribution < 1.29 is 0 Å². The lowest BCUT2D eigenvalue weighted by Gasteiger charge is -2.30. The van der Waals surface area contributed by atoms with Gasteiger partial charge >= 0.3 is 0 Å². The topological polar surface area (TPSA) is 33.1 Å². The molecule has 0 saturated carbocycles. The highest BCUT2D eigenvalue weighted by Crippen LogP contribution is 2.22. The van der Waals surface area contributed by atoms with Crippen LogP contribution in [-0.4, -0.2) is 41.1 Å². The molecular formula is C18H28N4. The number of nitrogens with one attached hydrogen (secondary N) is 1. The molecule has 1 aromatic heterocycles. The summed E-state index contributed by atoms with van der Waals surface area (Å²) in [6.45, 7) is 7.66. The van der Waals surface area contributed by atoms with Crippen LogP contribution in [0.1, 0.15) is 32.0 Å². The zero-order valence-corrected chi connectivity index (χ0v) is 13.9. The molecule has 4 heteroatoms. The number of hydrogen-bond donors (Lipinski definition) is 1. The van der Waals surface area contributed by atoms with Gasteiger partial charge in [0, 0.05) is 13.1 Å². The predicted molar refractivity (Wildman–Crippen MR) is 92.0 cm³/mol. The number of aromatic nitrogens is 2. The van der Waals surface area contributed by atoms with E-state index < -0.39 is 0 Å². The second kappa shape index (κ2) is 7.25. The van der Waals surface area contributed by atoms with E-state index in [2.05, 4.69) is 53.0 Å². The first kappa shape index (κ1) is 15.5. The van der Waals surface area contributed by atoms with Crippen molar-refractivity contribution in [2.45, 2.75) is 39.3 Å². The molecule has 22 heavy (non-hydrogen) atoms. The summed E-state index contributed by atoms with van der Waals surface area (Å²) in [5, 5.41) is 3.50. The zero-order valence-electron chi connectivity index (χ0n) is 13.9. The average Bonchev–Trinajstić information content (AvgIpc) is 2.86. The fourth-order valence-electron chi connectivity index (χ4n) is 3.52. The van der Waals surface area contributed by atoms with Crippen molar-refractivity contribution in [3.8, 4) is 0 Å². The van der Waals surface area contributed by atoms with Crippen molar-refractivity contribution >= 4 is 11.0 Å². The summed E-state index contributed by atoms with van der Waals surface area (Å²) in [5.41, 5.74) is 2.41. The van der Waals surface area contributed by atoms with Crippen molar-refractivity contribution in [2.24, 2.45) is 5.92 Å². The third kappa shape index (κ3) is 3.50. The van der Waals surface area contributed by atoms with Gasteiger partial charge in [0.2, 0.25) is 0 Å². The molecular weight excluding hydrogens is 272 g/mol. The first-order valence-corrected chi connectivity index (χ1v) is 8.61. The van der Waals surface area contributed by atoms with Gasteiger partial charge in [0.1, 0.15) is 5.82 Å². The maximum Gasteiger partial charge on any atom is 0.123 e. The number of nitrogens with zero attached hydrogens (tertiary/aromatic N) is 3. The number of hydrogen-bond acceptors (Lipinski definition) is 3. The quantitative estimate of drug-likeness (QED) is 0.833. The molecule has 4 nitrogen and oxygen atoms in total. The minimum atomic E-state index is 0.737. The Morgan fingerprint density at radius 3 is 3.00 bits per heavy atom. The Bertz CT molecular complexity index is 604. The minimum absolute atomic E-state index is 0.737. The van der Waals surface area contributed by atoms with Crippen LogP contribution < -0.4 is 5.32 Å². The van der Waals surface area contributed by atoms with Gasteiger partial charge in [-0.25, -0.2) is 4.98 Å². The molecule has 0 unspecified atom stereocenters. The molecule has 2 heterocycles. The molecule has 0 amide bonds. The van der Waals surface area contributed by atoms with E-state index in [0.717, 1.165) is 37.5 Å². The smallest absolute Gasteiger partial charge is 0.123 e. The summed E-state index contributed by atoms with van der Waals surface area (Å²) >= 11 is 0. The van der Waals surface area contributed by atoms with Gasteiger partial charge < -0.3 is 14.8 Å². The Morgan fingerprint density at radius 1 is 1.32 bits per heavy atom. The van der Waals surface area contributed by atoms with Gasteiger partial charge in [-0.2, -0.15) is 0 Å². The van der Waals surface area contributed by atoms with Crippen LogP contribution in [0.5, 0.6) is 0 Å². The Kier molecular flexibility index (Phi) is 5.11. The van der Waals surface area contributed by atoms with Crippen LogP contribution in [0.15, 0.2) is 24.3 Å². The van der Waals surface area contributed by atoms with Crippen LogP contribution in [0, 0.1) is 5.92 Å². The van der Waals surface area contributed by atoms with Crippen LogP contribution in [0.3, 0.4) is 0 Å². The zero-order chi connectivity index (χ0) is 15.4. The number of imidazole rings is 1. The van der Waals surface area contributed by atoms with Crippen LogP contribution >= 0.6 is 0 Å². The van der Waals surface area contributed by atoms with Crippen LogP contribution in [-0.2, 0) is 13.1 Å². The second-order valence-electron chi connectivity index (χ2n) is 6.57. The maximum atomic E-state index is 4.86. The lowest BCUT2D eigenvalue weighted by Crippen LogP contribution is -2.34. The van der Waals surface area contributed by atoms with Gasteiger partial charge in [-0.15, -0.1) is 0 Å². The highest BCUT2D eigenvalue weighted by atomic mass is 15.1. The molecule has 1 aromatic carbocycles. The minimum Gasteiger partial charge on any atom is -0.327 e. The van der Waals surface area contributed by atoms with Gasteiger partial charge in [0.05, 0.1) is 17.6 Å². The lowest BCUT2D eigenvalue weighted by molar-refractivity contribution is 0.194. The number of para-hydroxylation sites is 2. The van der Waals surface area contributed by atoms with E-state index in [1.807, 2.05) is 0 Å². The summed E-state index contributed by atoms with van der Waals surface area (Å²) in [6, 6.07) is 8.54. The number of benzene rings is 1. The molecule has 3 rings (SSSR count). The van der Waals surface area contributed by atoms with Crippen LogP contribution in [0.4, 0.5) is 0 Å². The maximum absolute atomic E-state index is 4.86. The largest absolute Gasteiger partial charge is 0.327 e. The van der Waals surface area contributed by atoms with Crippen molar-refractivity contribution in [3.05, 3.63) is 30.1 Å². The van der Waals surface area contributed by atoms with Gasteiger partial charge in [-0.3, -0.25) is 0 Å². The van der Waals surface area contributed by atoms with Crippen molar-refractivity contribution in [1.29, 1.82) is 0 Å². The van der Waals surface area contributed by atoms with Gasteiger partial charge in [0.25, 0.3) is 0 Å². The lowest BCUT2D eigenvalue weighted by atomic mass is 9.98. The first-order valence-electron chi connectivity index (χ1n) is 8.61. The van der Waals surface area contributed by atoms with E-state index in [1.54, 1.807) is 0 Å². The molecule has 1 fully saturated rings.